The van der Waals surface area contributed by atoms with Gasteiger partial charge in [-0.3, -0.25) is 4.79 Å². The Labute approximate surface area is 79.0 Å². The number of hydrogen-bond donors (Lipinski definition) is 1. The number of hydrogen-bond acceptors (Lipinski definition) is 3. The molecule has 0 aromatic carbocycles. The summed E-state index contributed by atoms with van der Waals surface area (Å²) in [6, 6.07) is 0.0942. The van der Waals surface area contributed by atoms with E-state index in [1.807, 2.05) is 6.92 Å². The molecule has 1 amide bonds. The van der Waals surface area contributed by atoms with Crippen molar-refractivity contribution < 1.29 is 9.53 Å². The molecule has 4 nitrogen and oxygen atoms in total. The largest absolute Gasteiger partial charge is 0.368 e. The van der Waals surface area contributed by atoms with E-state index in [2.05, 4.69) is 0 Å². The highest BCUT2D eigenvalue weighted by Gasteiger charge is 2.27. The number of nitrogens with two attached hydrogens (primary N) is 1. The van der Waals surface area contributed by atoms with Gasteiger partial charge in [-0.15, -0.1) is 0 Å². The number of carbonyl (C=O) groups is 1. The van der Waals surface area contributed by atoms with Gasteiger partial charge in [-0.05, 0) is 19.8 Å². The summed E-state index contributed by atoms with van der Waals surface area (Å²) in [5, 5.41) is 0. The van der Waals surface area contributed by atoms with E-state index >= 15 is 0 Å². The Hall–Kier alpha value is -0.610. The molecule has 1 aliphatic heterocycles. The maximum Gasteiger partial charge on any atom is 0.251 e. The minimum atomic E-state index is -0.223. The van der Waals surface area contributed by atoms with Gasteiger partial charge in [-0.2, -0.15) is 0 Å². The fourth-order valence-electron chi connectivity index (χ4n) is 1.37. The van der Waals surface area contributed by atoms with Crippen molar-refractivity contribution in [3.63, 3.8) is 0 Å². The fraction of sp³-hybridized carbons (Fsp3) is 0.889. The van der Waals surface area contributed by atoms with Gasteiger partial charge in [0.05, 0.1) is 0 Å². The molecule has 0 bridgehead atoms. The Morgan fingerprint density at radius 1 is 1.77 bits per heavy atom. The first-order valence-corrected chi connectivity index (χ1v) is 4.75. The van der Waals surface area contributed by atoms with Crippen LogP contribution in [0.2, 0.25) is 0 Å². The van der Waals surface area contributed by atoms with Gasteiger partial charge in [0.15, 0.2) is 0 Å². The summed E-state index contributed by atoms with van der Waals surface area (Å²) in [4.78, 5) is 13.4. The van der Waals surface area contributed by atoms with Crippen molar-refractivity contribution in [3.05, 3.63) is 0 Å². The summed E-state index contributed by atoms with van der Waals surface area (Å²) in [6.07, 6.45) is 1.61. The molecule has 1 aliphatic rings. The normalized spacial score (nSPS) is 24.4. The number of nitrogens with zero attached hydrogens (tertiary/aromatic N) is 1. The third-order valence-electron chi connectivity index (χ3n) is 2.56. The highest BCUT2D eigenvalue weighted by atomic mass is 16.5. The summed E-state index contributed by atoms with van der Waals surface area (Å²) in [6.45, 7) is 3.14. The van der Waals surface area contributed by atoms with Gasteiger partial charge < -0.3 is 15.4 Å². The average molecular weight is 186 g/mol. The molecule has 0 spiro atoms. The van der Waals surface area contributed by atoms with Crippen molar-refractivity contribution in [2.45, 2.75) is 31.9 Å². The summed E-state index contributed by atoms with van der Waals surface area (Å²) in [7, 11) is 1.78. The average Bonchev–Trinajstić information content (AvgIpc) is 2.67. The van der Waals surface area contributed by atoms with Crippen LogP contribution in [0, 0.1) is 0 Å². The van der Waals surface area contributed by atoms with Crippen molar-refractivity contribution in [2.75, 3.05) is 20.2 Å². The molecular weight excluding hydrogens is 168 g/mol. The Morgan fingerprint density at radius 2 is 2.46 bits per heavy atom. The molecule has 13 heavy (non-hydrogen) atoms. The zero-order chi connectivity index (χ0) is 9.84. The number of rotatable bonds is 3. The first-order chi connectivity index (χ1) is 6.16. The van der Waals surface area contributed by atoms with Crippen LogP contribution < -0.4 is 5.73 Å². The molecule has 0 aromatic heterocycles. The van der Waals surface area contributed by atoms with Gasteiger partial charge in [-0.1, -0.05) is 0 Å². The molecule has 1 saturated heterocycles. The van der Waals surface area contributed by atoms with Crippen LogP contribution in [0.1, 0.15) is 19.8 Å². The van der Waals surface area contributed by atoms with Crippen LogP contribution in [0.3, 0.4) is 0 Å². The zero-order valence-corrected chi connectivity index (χ0v) is 8.32. The number of likely N-dealkylation sites (N-methyl/N-ethyl adjacent to an activating group) is 1. The monoisotopic (exact) mass is 186 g/mol. The first kappa shape index (κ1) is 10.5. The quantitative estimate of drug-likeness (QED) is 0.673. The second-order valence-electron chi connectivity index (χ2n) is 3.54. The Kier molecular flexibility index (Phi) is 3.69. The third kappa shape index (κ3) is 2.42. The van der Waals surface area contributed by atoms with Crippen LogP contribution >= 0.6 is 0 Å². The van der Waals surface area contributed by atoms with E-state index in [9.17, 15) is 4.79 Å². The minimum absolute atomic E-state index is 0.0652. The van der Waals surface area contributed by atoms with Gasteiger partial charge in [-0.25, -0.2) is 0 Å². The second-order valence-corrected chi connectivity index (χ2v) is 3.54. The second kappa shape index (κ2) is 4.58. The van der Waals surface area contributed by atoms with Gasteiger partial charge in [0.1, 0.15) is 6.10 Å². The summed E-state index contributed by atoms with van der Waals surface area (Å²) in [5.41, 5.74) is 5.47. The van der Waals surface area contributed by atoms with Gasteiger partial charge in [0, 0.05) is 26.2 Å². The lowest BCUT2D eigenvalue weighted by molar-refractivity contribution is -0.141. The predicted octanol–water partition coefficient (Wildman–Crippen LogP) is -0.0290. The van der Waals surface area contributed by atoms with E-state index in [1.54, 1.807) is 11.9 Å². The molecule has 0 aromatic rings. The third-order valence-corrected chi connectivity index (χ3v) is 2.56. The molecule has 0 saturated carbocycles. The lowest BCUT2D eigenvalue weighted by atomic mass is 10.2. The van der Waals surface area contributed by atoms with E-state index < -0.39 is 0 Å². The van der Waals surface area contributed by atoms with Gasteiger partial charge in [0.2, 0.25) is 0 Å². The van der Waals surface area contributed by atoms with Crippen LogP contribution in [0.4, 0.5) is 0 Å². The van der Waals surface area contributed by atoms with E-state index in [4.69, 9.17) is 10.5 Å². The molecule has 1 rings (SSSR count). The topological polar surface area (TPSA) is 55.6 Å². The molecule has 0 radical (unpaired) electrons. The molecule has 2 N–H and O–H groups in total. The standard InChI is InChI=1S/C9H18N2O2/c1-7(6-10)11(2)9(12)8-4-3-5-13-8/h7-8H,3-6,10H2,1-2H3. The maximum atomic E-state index is 11.7. The Morgan fingerprint density at radius 3 is 2.92 bits per heavy atom. The predicted molar refractivity (Wildman–Crippen MR) is 50.3 cm³/mol. The van der Waals surface area contributed by atoms with E-state index in [0.29, 0.717) is 13.2 Å². The fourth-order valence-corrected chi connectivity index (χ4v) is 1.37. The molecule has 2 atom stereocenters. The molecule has 1 heterocycles. The molecule has 76 valence electrons. The highest BCUT2D eigenvalue weighted by Crippen LogP contribution is 2.14. The van der Waals surface area contributed by atoms with Crippen molar-refractivity contribution in [1.82, 2.24) is 4.90 Å². The minimum Gasteiger partial charge on any atom is -0.368 e. The van der Waals surface area contributed by atoms with Crippen molar-refractivity contribution in [1.29, 1.82) is 0 Å². The highest BCUT2D eigenvalue weighted by molar-refractivity contribution is 5.81. The SMILES string of the molecule is CC(CN)N(C)C(=O)C1CCCO1. The van der Waals surface area contributed by atoms with Gasteiger partial charge >= 0.3 is 0 Å². The first-order valence-electron chi connectivity index (χ1n) is 4.75. The van der Waals surface area contributed by atoms with Crippen LogP contribution in [0.15, 0.2) is 0 Å². The van der Waals surface area contributed by atoms with Crippen molar-refractivity contribution in [2.24, 2.45) is 5.73 Å². The molecule has 4 heteroatoms. The maximum absolute atomic E-state index is 11.7. The van der Waals surface area contributed by atoms with E-state index in [0.717, 1.165) is 12.8 Å². The van der Waals surface area contributed by atoms with E-state index in [1.165, 1.54) is 0 Å². The molecule has 2 unspecified atom stereocenters. The van der Waals surface area contributed by atoms with Crippen LogP contribution in [0.25, 0.3) is 0 Å². The molecule has 0 aliphatic carbocycles. The van der Waals surface area contributed by atoms with Crippen molar-refractivity contribution >= 4 is 5.91 Å². The number of carbonyl (C=O) groups excluding carboxylic acids is 1. The van der Waals surface area contributed by atoms with E-state index in [-0.39, 0.29) is 18.1 Å². The number of ether oxygens (including phenoxy) is 1. The lowest BCUT2D eigenvalue weighted by Crippen LogP contribution is -2.44. The smallest absolute Gasteiger partial charge is 0.251 e. The lowest BCUT2D eigenvalue weighted by Gasteiger charge is -2.25. The summed E-state index contributed by atoms with van der Waals surface area (Å²) >= 11 is 0. The number of amides is 1. The van der Waals surface area contributed by atoms with Gasteiger partial charge in [0.25, 0.3) is 5.91 Å². The molecule has 1 fully saturated rings. The Balaban J connectivity index is 2.45. The molecular formula is C9H18N2O2. The van der Waals surface area contributed by atoms with Crippen molar-refractivity contribution in [3.8, 4) is 0 Å². The summed E-state index contributed by atoms with van der Waals surface area (Å²) < 4.78 is 5.30. The van der Waals surface area contributed by atoms with Crippen LogP contribution in [-0.2, 0) is 9.53 Å². The zero-order valence-electron chi connectivity index (χ0n) is 8.32. The Bertz CT molecular complexity index is 178. The van der Waals surface area contributed by atoms with Crippen LogP contribution in [-0.4, -0.2) is 43.2 Å². The summed E-state index contributed by atoms with van der Waals surface area (Å²) in [5.74, 6) is 0.0652. The van der Waals surface area contributed by atoms with Crippen LogP contribution in [0.5, 0.6) is 0 Å².